The van der Waals surface area contributed by atoms with Crippen molar-refractivity contribution in [2.75, 3.05) is 0 Å². The van der Waals surface area contributed by atoms with Crippen molar-refractivity contribution in [3.05, 3.63) is 29.6 Å². The number of nitrogens with zero attached hydrogens (tertiary/aromatic N) is 2. The standard InChI is InChI=1S/C13H20N4O/c1-9-3-2-4-11(9)16-8-10-5-6-15-12(7-10)13(14)17-18/h5-7,9,11,16,18H,2-4,8H2,1H3,(H2,14,17). The van der Waals surface area contributed by atoms with E-state index < -0.39 is 0 Å². The van der Waals surface area contributed by atoms with Gasteiger partial charge in [-0.1, -0.05) is 18.5 Å². The molecule has 2 rings (SSSR count). The maximum atomic E-state index is 8.62. The van der Waals surface area contributed by atoms with Gasteiger partial charge in [-0.3, -0.25) is 4.98 Å². The molecule has 1 aromatic rings. The molecule has 5 heteroatoms. The van der Waals surface area contributed by atoms with E-state index in [1.165, 1.54) is 19.3 Å². The summed E-state index contributed by atoms with van der Waals surface area (Å²) in [6.45, 7) is 3.09. The van der Waals surface area contributed by atoms with Crippen LogP contribution in [0, 0.1) is 5.92 Å². The molecule has 1 heterocycles. The van der Waals surface area contributed by atoms with Gasteiger partial charge in [-0.15, -0.1) is 0 Å². The Kier molecular flexibility index (Phi) is 4.15. The third kappa shape index (κ3) is 2.98. The van der Waals surface area contributed by atoms with E-state index >= 15 is 0 Å². The summed E-state index contributed by atoms with van der Waals surface area (Å²) in [4.78, 5) is 4.06. The number of hydrogen-bond acceptors (Lipinski definition) is 4. The molecule has 1 fully saturated rings. The normalized spacial score (nSPS) is 24.4. The van der Waals surface area contributed by atoms with Crippen molar-refractivity contribution >= 4 is 5.84 Å². The zero-order valence-electron chi connectivity index (χ0n) is 10.6. The highest BCUT2D eigenvalue weighted by Crippen LogP contribution is 2.24. The van der Waals surface area contributed by atoms with Crippen LogP contribution in [-0.4, -0.2) is 22.1 Å². The van der Waals surface area contributed by atoms with Gasteiger partial charge in [0.1, 0.15) is 5.69 Å². The number of aromatic nitrogens is 1. The maximum absolute atomic E-state index is 8.62. The molecule has 4 N–H and O–H groups in total. The first-order valence-corrected chi connectivity index (χ1v) is 6.37. The quantitative estimate of drug-likeness (QED) is 0.326. The molecule has 1 aromatic heterocycles. The van der Waals surface area contributed by atoms with E-state index in [1.54, 1.807) is 6.20 Å². The van der Waals surface area contributed by atoms with E-state index in [-0.39, 0.29) is 5.84 Å². The van der Waals surface area contributed by atoms with Gasteiger partial charge in [-0.05, 0) is 36.5 Å². The number of nitrogens with two attached hydrogens (primary N) is 1. The molecule has 1 aliphatic rings. The molecule has 1 saturated carbocycles. The number of pyridine rings is 1. The van der Waals surface area contributed by atoms with E-state index in [4.69, 9.17) is 10.9 Å². The molecule has 0 amide bonds. The Bertz CT molecular complexity index is 433. The Labute approximate surface area is 107 Å². The number of hydrogen-bond donors (Lipinski definition) is 3. The second-order valence-electron chi connectivity index (χ2n) is 4.93. The molecule has 98 valence electrons. The summed E-state index contributed by atoms with van der Waals surface area (Å²) in [5.74, 6) is 0.793. The molecule has 0 radical (unpaired) electrons. The lowest BCUT2D eigenvalue weighted by molar-refractivity contribution is 0.318. The lowest BCUT2D eigenvalue weighted by Crippen LogP contribution is -2.30. The smallest absolute Gasteiger partial charge is 0.188 e. The van der Waals surface area contributed by atoms with Crippen LogP contribution in [0.1, 0.15) is 37.4 Å². The van der Waals surface area contributed by atoms with Crippen molar-refractivity contribution in [1.82, 2.24) is 10.3 Å². The fourth-order valence-electron chi connectivity index (χ4n) is 2.47. The summed E-state index contributed by atoms with van der Waals surface area (Å²) >= 11 is 0. The number of nitrogens with one attached hydrogen (secondary N) is 1. The van der Waals surface area contributed by atoms with Gasteiger partial charge in [0.05, 0.1) is 0 Å². The second-order valence-corrected chi connectivity index (χ2v) is 4.93. The molecule has 1 aliphatic carbocycles. The van der Waals surface area contributed by atoms with Gasteiger partial charge in [0, 0.05) is 18.8 Å². The van der Waals surface area contributed by atoms with Crippen LogP contribution in [0.15, 0.2) is 23.5 Å². The SMILES string of the molecule is CC1CCCC1NCc1ccnc(C(N)=NO)c1. The van der Waals surface area contributed by atoms with Crippen LogP contribution in [0.5, 0.6) is 0 Å². The Morgan fingerprint density at radius 3 is 3.11 bits per heavy atom. The van der Waals surface area contributed by atoms with E-state index in [9.17, 15) is 0 Å². The molecule has 2 unspecified atom stereocenters. The molecule has 0 spiro atoms. The Morgan fingerprint density at radius 2 is 2.44 bits per heavy atom. The highest BCUT2D eigenvalue weighted by atomic mass is 16.4. The third-order valence-electron chi connectivity index (χ3n) is 3.62. The van der Waals surface area contributed by atoms with Crippen molar-refractivity contribution < 1.29 is 5.21 Å². The van der Waals surface area contributed by atoms with Gasteiger partial charge in [0.2, 0.25) is 0 Å². The van der Waals surface area contributed by atoms with Gasteiger partial charge in [0.25, 0.3) is 0 Å². The molecule has 18 heavy (non-hydrogen) atoms. The van der Waals surface area contributed by atoms with Crippen molar-refractivity contribution in [3.63, 3.8) is 0 Å². The van der Waals surface area contributed by atoms with Gasteiger partial charge in [-0.25, -0.2) is 0 Å². The van der Waals surface area contributed by atoms with E-state index in [2.05, 4.69) is 22.4 Å². The highest BCUT2D eigenvalue weighted by molar-refractivity contribution is 5.95. The van der Waals surface area contributed by atoms with E-state index in [1.807, 2.05) is 12.1 Å². The predicted molar refractivity (Wildman–Crippen MR) is 70.4 cm³/mol. The fourth-order valence-corrected chi connectivity index (χ4v) is 2.47. The molecule has 0 aromatic carbocycles. The summed E-state index contributed by atoms with van der Waals surface area (Å²) in [6.07, 6.45) is 5.55. The molecular formula is C13H20N4O. The summed E-state index contributed by atoms with van der Waals surface area (Å²) in [5.41, 5.74) is 7.13. The van der Waals surface area contributed by atoms with Gasteiger partial charge in [-0.2, -0.15) is 0 Å². The van der Waals surface area contributed by atoms with Gasteiger partial charge < -0.3 is 16.3 Å². The highest BCUT2D eigenvalue weighted by Gasteiger charge is 2.22. The Balaban J connectivity index is 1.97. The summed E-state index contributed by atoms with van der Waals surface area (Å²) in [5, 5.41) is 15.1. The summed E-state index contributed by atoms with van der Waals surface area (Å²) in [7, 11) is 0. The first kappa shape index (κ1) is 12.8. The zero-order chi connectivity index (χ0) is 13.0. The number of oxime groups is 1. The average Bonchev–Trinajstić information content (AvgIpc) is 2.81. The van der Waals surface area contributed by atoms with Gasteiger partial charge >= 0.3 is 0 Å². The van der Waals surface area contributed by atoms with Crippen molar-refractivity contribution in [2.24, 2.45) is 16.8 Å². The van der Waals surface area contributed by atoms with Crippen LogP contribution >= 0.6 is 0 Å². The molecule has 0 bridgehead atoms. The van der Waals surface area contributed by atoms with Crippen LogP contribution in [0.3, 0.4) is 0 Å². The average molecular weight is 248 g/mol. The minimum absolute atomic E-state index is 0.0473. The topological polar surface area (TPSA) is 83.5 Å². The van der Waals surface area contributed by atoms with Crippen LogP contribution < -0.4 is 11.1 Å². The Morgan fingerprint density at radius 1 is 1.61 bits per heavy atom. The minimum Gasteiger partial charge on any atom is -0.409 e. The Hall–Kier alpha value is -1.62. The summed E-state index contributed by atoms with van der Waals surface area (Å²) in [6, 6.07) is 4.40. The molecular weight excluding hydrogens is 228 g/mol. The zero-order valence-corrected chi connectivity index (χ0v) is 10.6. The van der Waals surface area contributed by atoms with E-state index in [0.717, 1.165) is 18.0 Å². The largest absolute Gasteiger partial charge is 0.409 e. The molecule has 2 atom stereocenters. The molecule has 0 aliphatic heterocycles. The van der Waals surface area contributed by atoms with Gasteiger partial charge in [0.15, 0.2) is 5.84 Å². The monoisotopic (exact) mass is 248 g/mol. The minimum atomic E-state index is 0.0473. The van der Waals surface area contributed by atoms with Crippen LogP contribution in [0.4, 0.5) is 0 Å². The van der Waals surface area contributed by atoms with Crippen molar-refractivity contribution in [1.29, 1.82) is 0 Å². The fraction of sp³-hybridized carbons (Fsp3) is 0.538. The first-order chi connectivity index (χ1) is 8.70. The molecule has 0 saturated heterocycles. The lowest BCUT2D eigenvalue weighted by Gasteiger charge is -2.17. The predicted octanol–water partition coefficient (Wildman–Crippen LogP) is 1.45. The number of amidine groups is 1. The molecule has 5 nitrogen and oxygen atoms in total. The lowest BCUT2D eigenvalue weighted by atomic mass is 10.1. The van der Waals surface area contributed by atoms with Crippen molar-refractivity contribution in [3.8, 4) is 0 Å². The first-order valence-electron chi connectivity index (χ1n) is 6.37. The second kappa shape index (κ2) is 5.82. The third-order valence-corrected chi connectivity index (χ3v) is 3.62. The summed E-state index contributed by atoms with van der Waals surface area (Å²) < 4.78 is 0. The van der Waals surface area contributed by atoms with E-state index in [0.29, 0.717) is 11.7 Å². The number of rotatable bonds is 4. The van der Waals surface area contributed by atoms with Crippen molar-refractivity contribution in [2.45, 2.75) is 38.8 Å². The maximum Gasteiger partial charge on any atom is 0.188 e. The van der Waals surface area contributed by atoms with Crippen LogP contribution in [0.25, 0.3) is 0 Å². The van der Waals surface area contributed by atoms with Crippen LogP contribution in [0.2, 0.25) is 0 Å². The van der Waals surface area contributed by atoms with Crippen LogP contribution in [-0.2, 0) is 6.54 Å².